The number of piperidine rings is 1. The highest BCUT2D eigenvalue weighted by Crippen LogP contribution is 2.25. The summed E-state index contributed by atoms with van der Waals surface area (Å²) in [4.78, 5) is 24.9. The number of rotatable bonds is 3. The number of nitrogens with zero attached hydrogens (tertiary/aromatic N) is 1. The molecular formula is C15H18BrNO3. The van der Waals surface area contributed by atoms with Gasteiger partial charge in [-0.15, -0.1) is 0 Å². The van der Waals surface area contributed by atoms with Gasteiger partial charge in [0.05, 0.1) is 5.56 Å². The van der Waals surface area contributed by atoms with Crippen LogP contribution in [0.1, 0.15) is 35.2 Å². The highest BCUT2D eigenvalue weighted by Gasteiger charge is 2.25. The van der Waals surface area contributed by atoms with Gasteiger partial charge in [-0.05, 0) is 59.3 Å². The standard InChI is InChI=1S/C15H18BrNO3/c1-10-2-3-12(13(16)8-10)15(20)17-6-4-11(5-7-17)9-14(18)19/h2-3,8,11H,4-7,9H2,1H3,(H,18,19). The molecule has 0 bridgehead atoms. The fourth-order valence-corrected chi connectivity index (χ4v) is 3.21. The normalized spacial score (nSPS) is 16.2. The average Bonchev–Trinajstić information content (AvgIpc) is 2.38. The first-order chi connectivity index (χ1) is 9.47. The predicted molar refractivity (Wildman–Crippen MR) is 79.8 cm³/mol. The molecule has 0 aromatic heterocycles. The smallest absolute Gasteiger partial charge is 0.303 e. The summed E-state index contributed by atoms with van der Waals surface area (Å²) in [6, 6.07) is 5.70. The Hall–Kier alpha value is -1.36. The van der Waals surface area contributed by atoms with Crippen molar-refractivity contribution in [1.29, 1.82) is 0 Å². The number of carbonyl (C=O) groups excluding carboxylic acids is 1. The van der Waals surface area contributed by atoms with Crippen molar-refractivity contribution in [3.05, 3.63) is 33.8 Å². The molecule has 1 N–H and O–H groups in total. The third-order valence-electron chi connectivity index (χ3n) is 3.72. The van der Waals surface area contributed by atoms with Gasteiger partial charge in [0, 0.05) is 24.0 Å². The van der Waals surface area contributed by atoms with Crippen LogP contribution in [0.25, 0.3) is 0 Å². The van der Waals surface area contributed by atoms with E-state index in [4.69, 9.17) is 5.11 Å². The van der Waals surface area contributed by atoms with Crippen molar-refractivity contribution >= 4 is 27.8 Å². The second kappa shape index (κ2) is 6.39. The number of benzene rings is 1. The molecule has 20 heavy (non-hydrogen) atoms. The van der Waals surface area contributed by atoms with Crippen molar-refractivity contribution in [3.63, 3.8) is 0 Å². The van der Waals surface area contributed by atoms with E-state index in [1.54, 1.807) is 0 Å². The zero-order chi connectivity index (χ0) is 14.7. The van der Waals surface area contributed by atoms with Crippen LogP contribution in [0.2, 0.25) is 0 Å². The number of hydrogen-bond donors (Lipinski definition) is 1. The zero-order valence-corrected chi connectivity index (χ0v) is 13.0. The van der Waals surface area contributed by atoms with E-state index >= 15 is 0 Å². The Bertz CT molecular complexity index is 522. The van der Waals surface area contributed by atoms with Gasteiger partial charge in [-0.3, -0.25) is 9.59 Å². The van der Waals surface area contributed by atoms with E-state index in [9.17, 15) is 9.59 Å². The number of carbonyl (C=O) groups is 2. The molecule has 0 spiro atoms. The summed E-state index contributed by atoms with van der Waals surface area (Å²) in [5, 5.41) is 8.79. The number of aryl methyl sites for hydroxylation is 1. The molecule has 1 aliphatic heterocycles. The van der Waals surface area contributed by atoms with E-state index < -0.39 is 5.97 Å². The lowest BCUT2D eigenvalue weighted by molar-refractivity contribution is -0.138. The second-order valence-corrected chi connectivity index (χ2v) is 6.17. The Balaban J connectivity index is 1.99. The van der Waals surface area contributed by atoms with E-state index in [2.05, 4.69) is 15.9 Å². The summed E-state index contributed by atoms with van der Waals surface area (Å²) in [5.41, 5.74) is 1.78. The Morgan fingerprint density at radius 3 is 2.55 bits per heavy atom. The van der Waals surface area contributed by atoms with E-state index in [-0.39, 0.29) is 18.2 Å². The molecule has 108 valence electrons. The predicted octanol–water partition coefficient (Wildman–Crippen LogP) is 3.08. The molecule has 1 amide bonds. The fourth-order valence-electron chi connectivity index (χ4n) is 2.55. The Labute approximate surface area is 126 Å². The van der Waals surface area contributed by atoms with Crippen molar-refractivity contribution < 1.29 is 14.7 Å². The second-order valence-electron chi connectivity index (χ2n) is 5.32. The summed E-state index contributed by atoms with van der Waals surface area (Å²) in [5.74, 6) is -0.542. The Morgan fingerprint density at radius 1 is 1.35 bits per heavy atom. The summed E-state index contributed by atoms with van der Waals surface area (Å²) in [6.07, 6.45) is 1.74. The number of hydrogen-bond acceptors (Lipinski definition) is 2. The number of carboxylic acids is 1. The van der Waals surface area contributed by atoms with Gasteiger partial charge in [0.1, 0.15) is 0 Å². The zero-order valence-electron chi connectivity index (χ0n) is 11.4. The quantitative estimate of drug-likeness (QED) is 0.920. The highest BCUT2D eigenvalue weighted by molar-refractivity contribution is 9.10. The van der Waals surface area contributed by atoms with Crippen LogP contribution in [0, 0.1) is 12.8 Å². The van der Waals surface area contributed by atoms with E-state index in [0.29, 0.717) is 18.7 Å². The third-order valence-corrected chi connectivity index (χ3v) is 4.38. The van der Waals surface area contributed by atoms with E-state index in [1.165, 1.54) is 0 Å². The average molecular weight is 340 g/mol. The molecule has 0 radical (unpaired) electrons. The van der Waals surface area contributed by atoms with Crippen LogP contribution in [-0.2, 0) is 4.79 Å². The maximum Gasteiger partial charge on any atom is 0.303 e. The first-order valence-corrected chi connectivity index (χ1v) is 7.54. The van der Waals surface area contributed by atoms with Gasteiger partial charge >= 0.3 is 5.97 Å². The lowest BCUT2D eigenvalue weighted by Gasteiger charge is -2.31. The molecule has 1 aliphatic rings. The molecule has 0 saturated carbocycles. The van der Waals surface area contributed by atoms with Crippen molar-refractivity contribution in [2.45, 2.75) is 26.2 Å². The van der Waals surface area contributed by atoms with Gasteiger partial charge in [-0.25, -0.2) is 0 Å². The summed E-state index contributed by atoms with van der Waals surface area (Å²) in [7, 11) is 0. The lowest BCUT2D eigenvalue weighted by Crippen LogP contribution is -2.39. The van der Waals surface area contributed by atoms with Gasteiger partial charge in [-0.1, -0.05) is 6.07 Å². The maximum absolute atomic E-state index is 12.4. The number of halogens is 1. The van der Waals surface area contributed by atoms with Crippen LogP contribution in [0.15, 0.2) is 22.7 Å². The molecule has 4 nitrogen and oxygen atoms in total. The fraction of sp³-hybridized carbons (Fsp3) is 0.467. The Morgan fingerprint density at radius 2 is 2.00 bits per heavy atom. The Kier molecular flexibility index (Phi) is 4.81. The van der Waals surface area contributed by atoms with Crippen molar-refractivity contribution in [2.75, 3.05) is 13.1 Å². The third kappa shape index (κ3) is 3.60. The first kappa shape index (κ1) is 15.0. The summed E-state index contributed by atoms with van der Waals surface area (Å²) >= 11 is 3.43. The molecule has 1 heterocycles. The van der Waals surface area contributed by atoms with Gasteiger partial charge in [0.15, 0.2) is 0 Å². The molecule has 5 heteroatoms. The van der Waals surface area contributed by atoms with Gasteiger partial charge in [0.25, 0.3) is 5.91 Å². The summed E-state index contributed by atoms with van der Waals surface area (Å²) in [6.45, 7) is 3.25. The molecule has 0 atom stereocenters. The number of aliphatic carboxylic acids is 1. The number of likely N-dealkylation sites (tertiary alicyclic amines) is 1. The molecule has 0 unspecified atom stereocenters. The minimum atomic E-state index is -0.754. The van der Waals surface area contributed by atoms with Crippen molar-refractivity contribution in [3.8, 4) is 0 Å². The molecule has 1 aromatic rings. The van der Waals surface area contributed by atoms with Gasteiger partial charge in [0.2, 0.25) is 0 Å². The van der Waals surface area contributed by atoms with Crippen LogP contribution in [-0.4, -0.2) is 35.0 Å². The molecule has 1 fully saturated rings. The molecule has 1 saturated heterocycles. The van der Waals surface area contributed by atoms with Gasteiger partial charge < -0.3 is 10.0 Å². The van der Waals surface area contributed by atoms with E-state index in [0.717, 1.165) is 22.9 Å². The maximum atomic E-state index is 12.4. The minimum Gasteiger partial charge on any atom is -0.481 e. The van der Waals surface area contributed by atoms with Gasteiger partial charge in [-0.2, -0.15) is 0 Å². The van der Waals surface area contributed by atoms with Crippen LogP contribution in [0.3, 0.4) is 0 Å². The largest absolute Gasteiger partial charge is 0.481 e. The van der Waals surface area contributed by atoms with E-state index in [1.807, 2.05) is 30.0 Å². The number of carboxylic acid groups (broad SMARTS) is 1. The SMILES string of the molecule is Cc1ccc(C(=O)N2CCC(CC(=O)O)CC2)c(Br)c1. The van der Waals surface area contributed by atoms with Crippen LogP contribution < -0.4 is 0 Å². The van der Waals surface area contributed by atoms with Crippen LogP contribution in [0.4, 0.5) is 0 Å². The topological polar surface area (TPSA) is 57.6 Å². The van der Waals surface area contributed by atoms with Crippen molar-refractivity contribution in [2.24, 2.45) is 5.92 Å². The van der Waals surface area contributed by atoms with Crippen molar-refractivity contribution in [1.82, 2.24) is 4.90 Å². The van der Waals surface area contributed by atoms with Crippen LogP contribution >= 0.6 is 15.9 Å². The minimum absolute atomic E-state index is 0.0191. The monoisotopic (exact) mass is 339 g/mol. The lowest BCUT2D eigenvalue weighted by atomic mass is 9.93. The van der Waals surface area contributed by atoms with Crippen LogP contribution in [0.5, 0.6) is 0 Å². The summed E-state index contributed by atoms with van der Waals surface area (Å²) < 4.78 is 0.815. The molecule has 1 aromatic carbocycles. The first-order valence-electron chi connectivity index (χ1n) is 6.74. The highest BCUT2D eigenvalue weighted by atomic mass is 79.9. The molecule has 2 rings (SSSR count). The molecular weight excluding hydrogens is 322 g/mol. The number of amides is 1. The molecule has 0 aliphatic carbocycles.